The maximum absolute atomic E-state index is 11.0. The summed E-state index contributed by atoms with van der Waals surface area (Å²) in [5.41, 5.74) is 3.97. The van der Waals surface area contributed by atoms with Crippen molar-refractivity contribution in [2.75, 3.05) is 19.0 Å². The molecule has 0 bridgehead atoms. The number of rotatable bonds is 3. The molecule has 0 aliphatic rings. The summed E-state index contributed by atoms with van der Waals surface area (Å²) in [6, 6.07) is 3.73. The summed E-state index contributed by atoms with van der Waals surface area (Å²) in [6.07, 6.45) is 0. The summed E-state index contributed by atoms with van der Waals surface area (Å²) in [4.78, 5) is 1.96. The first-order valence-electron chi connectivity index (χ1n) is 4.90. The minimum absolute atomic E-state index is 0.128. The molecule has 0 aliphatic carbocycles. The van der Waals surface area contributed by atoms with Crippen LogP contribution in [0, 0.1) is 13.8 Å². The number of hydrogen-bond donors (Lipinski definition) is 0. The van der Waals surface area contributed by atoms with E-state index in [4.69, 9.17) is 10.7 Å². The topological polar surface area (TPSA) is 37.4 Å². The normalized spacial score (nSPS) is 11.6. The Morgan fingerprint density at radius 2 is 1.81 bits per heavy atom. The highest BCUT2D eigenvalue weighted by Crippen LogP contribution is 2.25. The summed E-state index contributed by atoms with van der Waals surface area (Å²) in [5, 5.41) is 0. The van der Waals surface area contributed by atoms with Gasteiger partial charge in [0.15, 0.2) is 0 Å². The average Bonchev–Trinajstić information content (AvgIpc) is 2.07. The Hall–Kier alpha value is -0.740. The lowest BCUT2D eigenvalue weighted by Crippen LogP contribution is -2.12. The Labute approximate surface area is 101 Å². The van der Waals surface area contributed by atoms with Crippen LogP contribution < -0.4 is 4.90 Å². The highest BCUT2D eigenvalue weighted by atomic mass is 35.7. The molecular weight excluding hydrogens is 246 g/mol. The van der Waals surface area contributed by atoms with E-state index < -0.39 is 9.05 Å². The molecule has 90 valence electrons. The van der Waals surface area contributed by atoms with Crippen molar-refractivity contribution in [2.45, 2.75) is 19.6 Å². The fourth-order valence-electron chi connectivity index (χ4n) is 1.66. The van der Waals surface area contributed by atoms with Crippen LogP contribution in [0.1, 0.15) is 16.7 Å². The zero-order valence-electron chi connectivity index (χ0n) is 9.91. The van der Waals surface area contributed by atoms with Crippen molar-refractivity contribution in [1.29, 1.82) is 0 Å². The van der Waals surface area contributed by atoms with E-state index in [0.29, 0.717) is 0 Å². The van der Waals surface area contributed by atoms with Gasteiger partial charge in [-0.3, -0.25) is 0 Å². The van der Waals surface area contributed by atoms with Gasteiger partial charge < -0.3 is 4.90 Å². The number of benzene rings is 1. The largest absolute Gasteiger partial charge is 0.377 e. The third-order valence-electron chi connectivity index (χ3n) is 2.52. The van der Waals surface area contributed by atoms with Gasteiger partial charge >= 0.3 is 0 Å². The molecule has 1 rings (SSSR count). The molecule has 5 heteroatoms. The molecule has 0 unspecified atom stereocenters. The predicted molar refractivity (Wildman–Crippen MR) is 68.7 cm³/mol. The highest BCUT2D eigenvalue weighted by molar-refractivity contribution is 8.13. The van der Waals surface area contributed by atoms with Crippen molar-refractivity contribution in [3.05, 3.63) is 28.8 Å². The van der Waals surface area contributed by atoms with Crippen LogP contribution in [0.15, 0.2) is 12.1 Å². The number of halogens is 1. The monoisotopic (exact) mass is 261 g/mol. The second kappa shape index (κ2) is 4.63. The van der Waals surface area contributed by atoms with Gasteiger partial charge in [0.05, 0.1) is 5.75 Å². The molecule has 0 aliphatic heterocycles. The van der Waals surface area contributed by atoms with Crippen LogP contribution in [-0.4, -0.2) is 22.5 Å². The van der Waals surface area contributed by atoms with Gasteiger partial charge in [-0.15, -0.1) is 0 Å². The van der Waals surface area contributed by atoms with Crippen molar-refractivity contribution in [1.82, 2.24) is 0 Å². The maximum Gasteiger partial charge on any atom is 0.236 e. The molecule has 0 atom stereocenters. The second-order valence-electron chi connectivity index (χ2n) is 4.13. The molecule has 0 saturated heterocycles. The van der Waals surface area contributed by atoms with Gasteiger partial charge in [-0.05, 0) is 36.6 Å². The molecule has 0 spiro atoms. The Morgan fingerprint density at radius 3 is 2.25 bits per heavy atom. The van der Waals surface area contributed by atoms with Crippen molar-refractivity contribution in [3.63, 3.8) is 0 Å². The zero-order chi connectivity index (χ0) is 12.5. The summed E-state index contributed by atoms with van der Waals surface area (Å²) in [7, 11) is 5.62. The summed E-state index contributed by atoms with van der Waals surface area (Å²) < 4.78 is 22.1. The smallest absolute Gasteiger partial charge is 0.236 e. The van der Waals surface area contributed by atoms with E-state index in [9.17, 15) is 8.42 Å². The SMILES string of the molecule is Cc1cc(CS(=O)(=O)Cl)cc(N(C)C)c1C. The molecule has 0 amide bonds. The number of hydrogen-bond acceptors (Lipinski definition) is 3. The quantitative estimate of drug-likeness (QED) is 0.785. The van der Waals surface area contributed by atoms with Crippen LogP contribution in [0.25, 0.3) is 0 Å². The first-order valence-corrected chi connectivity index (χ1v) is 7.38. The molecule has 0 heterocycles. The summed E-state index contributed by atoms with van der Waals surface area (Å²) in [6.45, 7) is 3.98. The lowest BCUT2D eigenvalue weighted by atomic mass is 10.0. The van der Waals surface area contributed by atoms with E-state index in [1.165, 1.54) is 0 Å². The first kappa shape index (κ1) is 13.3. The molecule has 1 aromatic carbocycles. The number of nitrogens with zero attached hydrogens (tertiary/aromatic N) is 1. The third-order valence-corrected chi connectivity index (χ3v) is 3.53. The first-order chi connectivity index (χ1) is 7.20. The van der Waals surface area contributed by atoms with Crippen molar-refractivity contribution < 1.29 is 8.42 Å². The van der Waals surface area contributed by atoms with Crippen LogP contribution in [0.3, 0.4) is 0 Å². The standard InChI is InChI=1S/C11H16ClNO2S/c1-8-5-10(7-16(12,14)15)6-11(9(8)2)13(3)4/h5-6H,7H2,1-4H3. The molecule has 16 heavy (non-hydrogen) atoms. The van der Waals surface area contributed by atoms with Gasteiger partial charge in [-0.2, -0.15) is 0 Å². The predicted octanol–water partition coefficient (Wildman–Crippen LogP) is 2.44. The minimum Gasteiger partial charge on any atom is -0.377 e. The fourth-order valence-corrected chi connectivity index (χ4v) is 2.60. The molecule has 0 radical (unpaired) electrons. The molecular formula is C11H16ClNO2S. The number of aryl methyl sites for hydroxylation is 1. The lowest BCUT2D eigenvalue weighted by Gasteiger charge is -2.18. The van der Waals surface area contributed by atoms with Gasteiger partial charge in [0, 0.05) is 30.5 Å². The molecule has 0 fully saturated rings. The van der Waals surface area contributed by atoms with E-state index in [2.05, 4.69) is 0 Å². The third kappa shape index (κ3) is 3.39. The summed E-state index contributed by atoms with van der Waals surface area (Å²) >= 11 is 0. The van der Waals surface area contributed by atoms with Gasteiger partial charge in [0.2, 0.25) is 9.05 Å². The van der Waals surface area contributed by atoms with Crippen LogP contribution >= 0.6 is 10.7 Å². The molecule has 0 N–H and O–H groups in total. The van der Waals surface area contributed by atoms with Crippen molar-refractivity contribution in [2.24, 2.45) is 0 Å². The molecule has 0 aromatic heterocycles. The lowest BCUT2D eigenvalue weighted by molar-refractivity contribution is 0.609. The maximum atomic E-state index is 11.0. The van der Waals surface area contributed by atoms with Gasteiger partial charge in [-0.1, -0.05) is 6.07 Å². The van der Waals surface area contributed by atoms with Crippen LogP contribution in [0.4, 0.5) is 5.69 Å². The van der Waals surface area contributed by atoms with Crippen molar-refractivity contribution >= 4 is 25.4 Å². The molecule has 0 saturated carbocycles. The zero-order valence-corrected chi connectivity index (χ0v) is 11.5. The number of anilines is 1. The Balaban J connectivity index is 3.24. The molecule has 1 aromatic rings. The van der Waals surface area contributed by atoms with E-state index in [1.54, 1.807) is 0 Å². The van der Waals surface area contributed by atoms with E-state index in [1.807, 2.05) is 45.0 Å². The van der Waals surface area contributed by atoms with Gasteiger partial charge in [-0.25, -0.2) is 8.42 Å². The highest BCUT2D eigenvalue weighted by Gasteiger charge is 2.11. The fraction of sp³-hybridized carbons (Fsp3) is 0.455. The minimum atomic E-state index is -3.50. The van der Waals surface area contributed by atoms with Crippen LogP contribution in [0.2, 0.25) is 0 Å². The Kier molecular flexibility index (Phi) is 3.86. The van der Waals surface area contributed by atoms with Gasteiger partial charge in [0.1, 0.15) is 0 Å². The average molecular weight is 262 g/mol. The Bertz CT molecular complexity index is 495. The van der Waals surface area contributed by atoms with Crippen LogP contribution in [0.5, 0.6) is 0 Å². The van der Waals surface area contributed by atoms with Crippen LogP contribution in [-0.2, 0) is 14.8 Å². The van der Waals surface area contributed by atoms with E-state index >= 15 is 0 Å². The summed E-state index contributed by atoms with van der Waals surface area (Å²) in [5.74, 6) is -0.128. The Morgan fingerprint density at radius 1 is 1.25 bits per heavy atom. The second-order valence-corrected chi connectivity index (χ2v) is 6.91. The van der Waals surface area contributed by atoms with Crippen molar-refractivity contribution in [3.8, 4) is 0 Å². The van der Waals surface area contributed by atoms with E-state index in [0.717, 1.165) is 22.4 Å². The molecule has 3 nitrogen and oxygen atoms in total. The van der Waals surface area contributed by atoms with Gasteiger partial charge in [0.25, 0.3) is 0 Å². The van der Waals surface area contributed by atoms with E-state index in [-0.39, 0.29) is 5.75 Å².